The summed E-state index contributed by atoms with van der Waals surface area (Å²) in [5.74, 6) is -0.878. The quantitative estimate of drug-likeness (QED) is 0.494. The number of amides is 1. The number of hydrogen-bond acceptors (Lipinski definition) is 5. The number of alkyl halides is 3. The second kappa shape index (κ2) is 7.53. The van der Waals surface area contributed by atoms with Crippen molar-refractivity contribution in [2.45, 2.75) is 6.18 Å². The molecule has 12 heteroatoms. The number of halogens is 5. The van der Waals surface area contributed by atoms with Gasteiger partial charge < -0.3 is 5.32 Å². The third kappa shape index (κ3) is 4.37. The lowest BCUT2D eigenvalue weighted by Gasteiger charge is -2.13. The topological polar surface area (TPSA) is 72.7 Å². The monoisotopic (exact) mass is 417 g/mol. The van der Waals surface area contributed by atoms with E-state index in [0.29, 0.717) is 17.5 Å². The molecule has 3 rings (SSSR count). The predicted molar refractivity (Wildman–Crippen MR) is 91.8 cm³/mol. The van der Waals surface area contributed by atoms with Crippen molar-refractivity contribution < 1.29 is 21.9 Å². The van der Waals surface area contributed by atoms with Gasteiger partial charge in [0.05, 0.1) is 23.1 Å². The van der Waals surface area contributed by atoms with Crippen LogP contribution in [0.2, 0.25) is 5.15 Å². The fourth-order valence-electron chi connectivity index (χ4n) is 2.14. The van der Waals surface area contributed by atoms with Crippen molar-refractivity contribution in [3.8, 4) is 11.3 Å². The van der Waals surface area contributed by atoms with E-state index in [9.17, 15) is 21.9 Å². The Kier molecular flexibility index (Phi) is 5.33. The fraction of sp³-hybridized carbons (Fsp3) is 0.0667. The van der Waals surface area contributed by atoms with Crippen molar-refractivity contribution in [2.75, 3.05) is 5.32 Å². The van der Waals surface area contributed by atoms with Crippen LogP contribution in [0.5, 0.6) is 0 Å². The first-order chi connectivity index (χ1) is 12.8. The smallest absolute Gasteiger partial charge is 0.320 e. The molecule has 0 saturated heterocycles. The molecule has 0 aromatic carbocycles. The fourth-order valence-corrected chi connectivity index (χ4v) is 2.54. The minimum atomic E-state index is -4.73. The Balaban J connectivity index is 1.89. The Morgan fingerprint density at radius 2 is 2.04 bits per heavy atom. The van der Waals surface area contributed by atoms with Crippen LogP contribution in [-0.2, 0) is 6.18 Å². The van der Waals surface area contributed by atoms with Gasteiger partial charge in [-0.3, -0.25) is 4.79 Å². The zero-order valence-corrected chi connectivity index (χ0v) is 14.6. The van der Waals surface area contributed by atoms with Crippen LogP contribution in [0.1, 0.15) is 16.1 Å². The lowest BCUT2D eigenvalue weighted by atomic mass is 10.2. The Hall–Kier alpha value is -2.66. The van der Waals surface area contributed by atoms with E-state index in [4.69, 9.17) is 11.6 Å². The number of hydrogen-bond donors (Lipinski definition) is 1. The lowest BCUT2D eigenvalue weighted by Crippen LogP contribution is -2.18. The Labute approximate surface area is 159 Å². The van der Waals surface area contributed by atoms with Crippen LogP contribution < -0.4 is 5.32 Å². The maximum absolute atomic E-state index is 13.1. The number of rotatable bonds is 4. The van der Waals surface area contributed by atoms with Gasteiger partial charge in [-0.05, 0) is 18.2 Å². The Morgan fingerprint density at radius 3 is 2.70 bits per heavy atom. The number of carbonyl (C=O) groups is 1. The van der Waals surface area contributed by atoms with Crippen LogP contribution >= 0.6 is 23.9 Å². The molecule has 0 fully saturated rings. The molecule has 0 saturated carbocycles. The molecule has 140 valence electrons. The van der Waals surface area contributed by atoms with Gasteiger partial charge in [0.1, 0.15) is 10.8 Å². The maximum atomic E-state index is 13.1. The second-order valence-electron chi connectivity index (χ2n) is 5.11. The molecule has 0 bridgehead atoms. The third-order valence-corrected chi connectivity index (χ3v) is 3.88. The number of nitrogens with one attached hydrogen (secondary N) is 1. The van der Waals surface area contributed by atoms with E-state index in [0.717, 1.165) is 10.2 Å². The standard InChI is InChI=1S/C15H8ClF4N5OS/c16-13-4-12(9(6-21-13)15(17,18)19)24-14(26)11-3-1-2-10(23-11)8-5-22-25(7-8)27-20/h1-7H,(H,21,24,26). The van der Waals surface area contributed by atoms with Gasteiger partial charge in [-0.2, -0.15) is 22.4 Å². The third-order valence-electron chi connectivity index (χ3n) is 3.33. The van der Waals surface area contributed by atoms with Crippen molar-refractivity contribution >= 4 is 35.5 Å². The van der Waals surface area contributed by atoms with E-state index < -0.39 is 23.3 Å². The summed E-state index contributed by atoms with van der Waals surface area (Å²) in [7, 11) is 0. The van der Waals surface area contributed by atoms with Gasteiger partial charge in [-0.25, -0.2) is 9.97 Å². The molecular weight excluding hydrogens is 410 g/mol. The lowest BCUT2D eigenvalue weighted by molar-refractivity contribution is -0.137. The van der Waals surface area contributed by atoms with Crippen LogP contribution in [0.4, 0.5) is 22.7 Å². The predicted octanol–water partition coefficient (Wildman–Crippen LogP) is 4.65. The Bertz CT molecular complexity index is 994. The molecule has 1 N–H and O–H groups in total. The molecular formula is C15H8ClF4N5OS. The zero-order chi connectivity index (χ0) is 19.6. The second-order valence-corrected chi connectivity index (χ2v) is 6.01. The van der Waals surface area contributed by atoms with Crippen molar-refractivity contribution in [1.82, 2.24) is 19.2 Å². The van der Waals surface area contributed by atoms with Gasteiger partial charge >= 0.3 is 6.18 Å². The minimum absolute atomic E-state index is 0.125. The molecule has 1 amide bonds. The van der Waals surface area contributed by atoms with Crippen molar-refractivity contribution in [3.05, 3.63) is 59.3 Å². The van der Waals surface area contributed by atoms with Crippen molar-refractivity contribution in [2.24, 2.45) is 0 Å². The summed E-state index contributed by atoms with van der Waals surface area (Å²) in [4.78, 5) is 19.8. The molecule has 0 unspecified atom stereocenters. The number of nitrogens with zero attached hydrogens (tertiary/aromatic N) is 4. The number of pyridine rings is 2. The largest absolute Gasteiger partial charge is 0.419 e. The average Bonchev–Trinajstić information content (AvgIpc) is 3.10. The van der Waals surface area contributed by atoms with Crippen LogP contribution in [0.15, 0.2) is 42.9 Å². The van der Waals surface area contributed by atoms with Crippen LogP contribution in [0, 0.1) is 0 Å². The highest BCUT2D eigenvalue weighted by Crippen LogP contribution is 2.35. The molecule has 27 heavy (non-hydrogen) atoms. The highest BCUT2D eigenvalue weighted by Gasteiger charge is 2.34. The van der Waals surface area contributed by atoms with Gasteiger partial charge in [0.25, 0.3) is 5.91 Å². The van der Waals surface area contributed by atoms with Crippen molar-refractivity contribution in [1.29, 1.82) is 0 Å². The summed E-state index contributed by atoms with van der Waals surface area (Å²) >= 11 is 5.51. The van der Waals surface area contributed by atoms with E-state index in [1.807, 2.05) is 0 Å². The molecule has 3 aromatic rings. The first-order valence-electron chi connectivity index (χ1n) is 7.13. The van der Waals surface area contributed by atoms with E-state index in [1.54, 1.807) is 6.07 Å². The van der Waals surface area contributed by atoms with E-state index in [2.05, 4.69) is 20.4 Å². The summed E-state index contributed by atoms with van der Waals surface area (Å²) < 4.78 is 52.6. The number of aromatic nitrogens is 4. The molecule has 0 aliphatic heterocycles. The first-order valence-corrected chi connectivity index (χ1v) is 8.18. The summed E-state index contributed by atoms with van der Waals surface area (Å²) in [6.07, 6.45) is -1.51. The molecule has 0 aliphatic carbocycles. The zero-order valence-electron chi connectivity index (χ0n) is 13.0. The first kappa shape index (κ1) is 19.1. The highest BCUT2D eigenvalue weighted by atomic mass is 35.5. The molecule has 3 heterocycles. The van der Waals surface area contributed by atoms with Crippen molar-refractivity contribution in [3.63, 3.8) is 0 Å². The summed E-state index contributed by atoms with van der Waals surface area (Å²) in [6, 6.07) is 5.25. The average molecular weight is 418 g/mol. The van der Waals surface area contributed by atoms with Crippen LogP contribution in [0.25, 0.3) is 11.3 Å². The van der Waals surface area contributed by atoms with Gasteiger partial charge in [0.2, 0.25) is 0 Å². The van der Waals surface area contributed by atoms with Gasteiger partial charge in [-0.15, -0.1) is 3.89 Å². The molecule has 0 atom stereocenters. The molecule has 3 aromatic heterocycles. The summed E-state index contributed by atoms with van der Waals surface area (Å²) in [5.41, 5.74) is -1.10. The van der Waals surface area contributed by atoms with Gasteiger partial charge in [-0.1, -0.05) is 17.7 Å². The van der Waals surface area contributed by atoms with E-state index >= 15 is 0 Å². The maximum Gasteiger partial charge on any atom is 0.419 e. The van der Waals surface area contributed by atoms with E-state index in [-0.39, 0.29) is 23.2 Å². The van der Waals surface area contributed by atoms with Gasteiger partial charge in [0, 0.05) is 18.0 Å². The SMILES string of the molecule is O=C(Nc1cc(Cl)ncc1C(F)(F)F)c1cccc(-c2cnn(SF)c2)n1. The van der Waals surface area contributed by atoms with E-state index in [1.165, 1.54) is 24.5 Å². The van der Waals surface area contributed by atoms with Crippen LogP contribution in [0.3, 0.4) is 0 Å². The molecule has 0 spiro atoms. The normalized spacial score (nSPS) is 11.4. The number of anilines is 1. The molecule has 0 radical (unpaired) electrons. The summed E-state index contributed by atoms with van der Waals surface area (Å²) in [5, 5.41) is 5.65. The highest BCUT2D eigenvalue weighted by molar-refractivity contribution is 7.92. The van der Waals surface area contributed by atoms with Crippen LogP contribution in [-0.4, -0.2) is 25.1 Å². The molecule has 6 nitrogen and oxygen atoms in total. The number of carbonyl (C=O) groups excluding carboxylic acids is 1. The molecule has 0 aliphatic rings. The van der Waals surface area contributed by atoms with Gasteiger partial charge in [0.15, 0.2) is 12.3 Å². The Morgan fingerprint density at radius 1 is 1.26 bits per heavy atom. The minimum Gasteiger partial charge on any atom is -0.320 e. The summed E-state index contributed by atoms with van der Waals surface area (Å²) in [6.45, 7) is 0.